The molecule has 0 aliphatic carbocycles. The number of pyridine rings is 1. The molecular formula is C19H16ClN. The molecule has 0 amide bonds. The monoisotopic (exact) mass is 293 g/mol. The van der Waals surface area contributed by atoms with Gasteiger partial charge in [-0.3, -0.25) is 4.98 Å². The Bertz CT molecular complexity index is 776. The fourth-order valence-corrected chi connectivity index (χ4v) is 2.58. The first-order chi connectivity index (χ1) is 10.1. The minimum Gasteiger partial charge on any atom is -0.256 e. The van der Waals surface area contributed by atoms with Crippen molar-refractivity contribution < 1.29 is 0 Å². The van der Waals surface area contributed by atoms with E-state index in [0.29, 0.717) is 0 Å². The van der Waals surface area contributed by atoms with Crippen LogP contribution in [0.5, 0.6) is 0 Å². The fourth-order valence-electron chi connectivity index (χ4n) is 2.45. The lowest BCUT2D eigenvalue weighted by Gasteiger charge is -2.09. The second-order valence-electron chi connectivity index (χ2n) is 5.26. The van der Waals surface area contributed by atoms with Crippen LogP contribution in [-0.4, -0.2) is 4.98 Å². The van der Waals surface area contributed by atoms with E-state index in [0.717, 1.165) is 16.3 Å². The average molecular weight is 294 g/mol. The topological polar surface area (TPSA) is 12.9 Å². The largest absolute Gasteiger partial charge is 0.256 e. The van der Waals surface area contributed by atoms with Crippen molar-refractivity contribution in [1.29, 1.82) is 0 Å². The van der Waals surface area contributed by atoms with E-state index in [9.17, 15) is 0 Å². The Morgan fingerprint density at radius 2 is 1.62 bits per heavy atom. The number of hydrogen-bond donors (Lipinski definition) is 0. The van der Waals surface area contributed by atoms with Crippen molar-refractivity contribution >= 4 is 11.6 Å². The zero-order valence-electron chi connectivity index (χ0n) is 12.1. The summed E-state index contributed by atoms with van der Waals surface area (Å²) < 4.78 is 0. The molecule has 0 saturated carbocycles. The van der Waals surface area contributed by atoms with Gasteiger partial charge in [-0.25, -0.2) is 0 Å². The molecule has 104 valence electrons. The summed E-state index contributed by atoms with van der Waals surface area (Å²) in [6.07, 6.45) is 1.95. The average Bonchev–Trinajstić information content (AvgIpc) is 2.48. The third-order valence-electron chi connectivity index (χ3n) is 3.58. The van der Waals surface area contributed by atoms with Crippen molar-refractivity contribution in [2.24, 2.45) is 0 Å². The van der Waals surface area contributed by atoms with Crippen molar-refractivity contribution in [2.45, 2.75) is 13.8 Å². The highest BCUT2D eigenvalue weighted by Gasteiger charge is 2.06. The van der Waals surface area contributed by atoms with Crippen LogP contribution in [0.25, 0.3) is 22.4 Å². The van der Waals surface area contributed by atoms with Crippen molar-refractivity contribution in [2.75, 3.05) is 0 Å². The number of aromatic nitrogens is 1. The summed E-state index contributed by atoms with van der Waals surface area (Å²) >= 11 is 5.93. The molecule has 0 fully saturated rings. The maximum absolute atomic E-state index is 5.93. The highest BCUT2D eigenvalue weighted by Crippen LogP contribution is 2.27. The molecule has 1 nitrogen and oxygen atoms in total. The maximum Gasteiger partial charge on any atom is 0.0705 e. The summed E-state index contributed by atoms with van der Waals surface area (Å²) in [4.78, 5) is 4.60. The van der Waals surface area contributed by atoms with E-state index in [1.165, 1.54) is 22.3 Å². The van der Waals surface area contributed by atoms with Gasteiger partial charge in [-0.05, 0) is 43.2 Å². The highest BCUT2D eigenvalue weighted by molar-refractivity contribution is 6.30. The van der Waals surface area contributed by atoms with Crippen molar-refractivity contribution in [3.63, 3.8) is 0 Å². The fraction of sp³-hybridized carbons (Fsp3) is 0.105. The quantitative estimate of drug-likeness (QED) is 0.592. The van der Waals surface area contributed by atoms with Crippen molar-refractivity contribution in [3.8, 4) is 22.4 Å². The van der Waals surface area contributed by atoms with Crippen LogP contribution >= 0.6 is 11.6 Å². The predicted molar refractivity (Wildman–Crippen MR) is 89.6 cm³/mol. The normalized spacial score (nSPS) is 10.6. The van der Waals surface area contributed by atoms with Crippen LogP contribution < -0.4 is 0 Å². The Balaban J connectivity index is 2.02. The molecule has 2 aromatic carbocycles. The zero-order valence-corrected chi connectivity index (χ0v) is 12.9. The third kappa shape index (κ3) is 2.98. The van der Waals surface area contributed by atoms with E-state index in [-0.39, 0.29) is 0 Å². The second kappa shape index (κ2) is 5.71. The van der Waals surface area contributed by atoms with Gasteiger partial charge in [0.1, 0.15) is 0 Å². The molecule has 3 aromatic rings. The lowest BCUT2D eigenvalue weighted by molar-refractivity contribution is 1.28. The van der Waals surface area contributed by atoms with E-state index in [2.05, 4.69) is 49.2 Å². The summed E-state index contributed by atoms with van der Waals surface area (Å²) in [6.45, 7) is 4.23. The first kappa shape index (κ1) is 13.8. The molecule has 21 heavy (non-hydrogen) atoms. The van der Waals surface area contributed by atoms with Crippen LogP contribution in [-0.2, 0) is 0 Å². The molecule has 0 radical (unpaired) electrons. The van der Waals surface area contributed by atoms with Gasteiger partial charge in [-0.1, -0.05) is 53.6 Å². The lowest BCUT2D eigenvalue weighted by atomic mass is 9.99. The smallest absolute Gasteiger partial charge is 0.0705 e. The molecule has 0 aliphatic heterocycles. The van der Waals surface area contributed by atoms with Gasteiger partial charge in [0, 0.05) is 22.3 Å². The Morgan fingerprint density at radius 1 is 0.857 bits per heavy atom. The van der Waals surface area contributed by atoms with Crippen LogP contribution in [0.3, 0.4) is 0 Å². The SMILES string of the molecule is Cc1cccc(-c2cnc(-c3ccc(Cl)cc3)cc2C)c1. The summed E-state index contributed by atoms with van der Waals surface area (Å²) in [5.41, 5.74) is 6.92. The number of hydrogen-bond acceptors (Lipinski definition) is 1. The number of nitrogens with zero attached hydrogens (tertiary/aromatic N) is 1. The summed E-state index contributed by atoms with van der Waals surface area (Å²) in [5.74, 6) is 0. The van der Waals surface area contributed by atoms with Gasteiger partial charge < -0.3 is 0 Å². The maximum atomic E-state index is 5.93. The molecule has 0 unspecified atom stereocenters. The van der Waals surface area contributed by atoms with Gasteiger partial charge in [0.2, 0.25) is 0 Å². The minimum absolute atomic E-state index is 0.742. The molecule has 2 heteroatoms. The molecule has 1 aromatic heterocycles. The number of halogens is 1. The predicted octanol–water partition coefficient (Wildman–Crippen LogP) is 5.69. The summed E-state index contributed by atoms with van der Waals surface area (Å²) in [6, 6.07) is 18.4. The van der Waals surface area contributed by atoms with Gasteiger partial charge >= 0.3 is 0 Å². The minimum atomic E-state index is 0.742. The molecule has 3 rings (SSSR count). The van der Waals surface area contributed by atoms with Gasteiger partial charge in [0.25, 0.3) is 0 Å². The molecule has 1 heterocycles. The van der Waals surface area contributed by atoms with Crippen molar-refractivity contribution in [3.05, 3.63) is 76.9 Å². The van der Waals surface area contributed by atoms with Crippen LogP contribution in [0.2, 0.25) is 5.02 Å². The van der Waals surface area contributed by atoms with Crippen LogP contribution in [0.1, 0.15) is 11.1 Å². The molecular weight excluding hydrogens is 278 g/mol. The molecule has 0 atom stereocenters. The van der Waals surface area contributed by atoms with E-state index >= 15 is 0 Å². The molecule has 0 saturated heterocycles. The Labute approximate surface area is 130 Å². The standard InChI is InChI=1S/C19H16ClN/c1-13-4-3-5-16(10-13)18-12-21-19(11-14(18)2)15-6-8-17(20)9-7-15/h3-12H,1-2H3. The lowest BCUT2D eigenvalue weighted by Crippen LogP contribution is -1.90. The zero-order chi connectivity index (χ0) is 14.8. The van der Waals surface area contributed by atoms with Crippen LogP contribution in [0.4, 0.5) is 0 Å². The molecule has 0 N–H and O–H groups in total. The third-order valence-corrected chi connectivity index (χ3v) is 3.83. The second-order valence-corrected chi connectivity index (χ2v) is 5.70. The number of aryl methyl sites for hydroxylation is 2. The van der Waals surface area contributed by atoms with E-state index < -0.39 is 0 Å². The summed E-state index contributed by atoms with van der Waals surface area (Å²) in [7, 11) is 0. The van der Waals surface area contributed by atoms with Crippen molar-refractivity contribution in [1.82, 2.24) is 4.98 Å². The van der Waals surface area contributed by atoms with E-state index in [1.807, 2.05) is 30.5 Å². The first-order valence-electron chi connectivity index (χ1n) is 6.93. The molecule has 0 aliphatic rings. The Morgan fingerprint density at radius 3 is 2.29 bits per heavy atom. The summed E-state index contributed by atoms with van der Waals surface area (Å²) in [5, 5.41) is 0.742. The van der Waals surface area contributed by atoms with E-state index in [4.69, 9.17) is 11.6 Å². The first-order valence-corrected chi connectivity index (χ1v) is 7.31. The van der Waals surface area contributed by atoms with Gasteiger partial charge in [0.05, 0.1) is 5.69 Å². The Hall–Kier alpha value is -2.12. The number of benzene rings is 2. The van der Waals surface area contributed by atoms with E-state index in [1.54, 1.807) is 0 Å². The van der Waals surface area contributed by atoms with Gasteiger partial charge in [-0.15, -0.1) is 0 Å². The van der Waals surface area contributed by atoms with Gasteiger partial charge in [0.15, 0.2) is 0 Å². The molecule has 0 spiro atoms. The van der Waals surface area contributed by atoms with Gasteiger partial charge in [-0.2, -0.15) is 0 Å². The molecule has 0 bridgehead atoms. The van der Waals surface area contributed by atoms with Crippen LogP contribution in [0, 0.1) is 13.8 Å². The highest BCUT2D eigenvalue weighted by atomic mass is 35.5. The number of rotatable bonds is 2. The van der Waals surface area contributed by atoms with Crippen LogP contribution in [0.15, 0.2) is 60.8 Å². The Kier molecular flexibility index (Phi) is 3.76.